The van der Waals surface area contributed by atoms with Crippen LogP contribution in [-0.2, 0) is 0 Å². The second kappa shape index (κ2) is 6.93. The van der Waals surface area contributed by atoms with Crippen molar-refractivity contribution in [1.29, 1.82) is 0 Å². The van der Waals surface area contributed by atoms with Crippen molar-refractivity contribution in [2.75, 3.05) is 0 Å². The fraction of sp³-hybridized carbons (Fsp3) is 1.00. The first-order valence-corrected chi connectivity index (χ1v) is 8.05. The smallest absolute Gasteiger partial charge is 0.00671 e. The maximum Gasteiger partial charge on any atom is 0.00671 e. The van der Waals surface area contributed by atoms with Crippen molar-refractivity contribution in [2.45, 2.75) is 85.6 Å². The highest BCUT2D eigenvalue weighted by atomic mass is 14.6. The third-order valence-corrected chi connectivity index (χ3v) is 4.83. The van der Waals surface area contributed by atoms with Gasteiger partial charge in [-0.15, -0.1) is 0 Å². The predicted octanol–water partition coefficient (Wildman–Crippen LogP) is 4.99. The number of nitrogens with two attached hydrogens (primary N) is 1. The quantitative estimate of drug-likeness (QED) is 0.733. The molecule has 18 heavy (non-hydrogen) atoms. The van der Waals surface area contributed by atoms with Gasteiger partial charge in [-0.2, -0.15) is 0 Å². The zero-order chi connectivity index (χ0) is 13.8. The van der Waals surface area contributed by atoms with Gasteiger partial charge >= 0.3 is 0 Å². The molecule has 1 nitrogen and oxygen atoms in total. The van der Waals surface area contributed by atoms with Crippen molar-refractivity contribution >= 4 is 0 Å². The van der Waals surface area contributed by atoms with E-state index in [2.05, 4.69) is 34.6 Å². The van der Waals surface area contributed by atoms with Crippen molar-refractivity contribution in [2.24, 2.45) is 28.9 Å². The Hall–Kier alpha value is -0.0400. The van der Waals surface area contributed by atoms with Crippen LogP contribution in [0.1, 0.15) is 79.6 Å². The molecule has 1 fully saturated rings. The normalized spacial score (nSPS) is 27.5. The van der Waals surface area contributed by atoms with E-state index in [0.29, 0.717) is 11.5 Å². The lowest BCUT2D eigenvalue weighted by Crippen LogP contribution is -2.34. The zero-order valence-corrected chi connectivity index (χ0v) is 13.3. The molecule has 1 aliphatic carbocycles. The highest BCUT2D eigenvalue weighted by molar-refractivity contribution is 4.81. The summed E-state index contributed by atoms with van der Waals surface area (Å²) in [6.07, 6.45) is 9.41. The van der Waals surface area contributed by atoms with Crippen molar-refractivity contribution in [3.63, 3.8) is 0 Å². The summed E-state index contributed by atoms with van der Waals surface area (Å²) < 4.78 is 0. The summed E-state index contributed by atoms with van der Waals surface area (Å²) in [5.41, 5.74) is 6.87. The Kier molecular flexibility index (Phi) is 6.17. The van der Waals surface area contributed by atoms with E-state index in [1.165, 1.54) is 44.9 Å². The van der Waals surface area contributed by atoms with E-state index in [0.717, 1.165) is 17.8 Å². The Morgan fingerprint density at radius 3 is 1.94 bits per heavy atom. The standard InChI is InChI=1S/C17H35N/c1-13(2)14-8-10-15(11-9-14)16(18)7-6-12-17(3,4)5/h13-16H,6-12,18H2,1-5H3. The Bertz CT molecular complexity index is 218. The van der Waals surface area contributed by atoms with Crippen LogP contribution in [0.5, 0.6) is 0 Å². The summed E-state index contributed by atoms with van der Waals surface area (Å²) >= 11 is 0. The molecule has 0 saturated heterocycles. The lowest BCUT2D eigenvalue weighted by atomic mass is 9.74. The van der Waals surface area contributed by atoms with Crippen LogP contribution in [0, 0.1) is 23.2 Å². The molecule has 1 saturated carbocycles. The summed E-state index contributed by atoms with van der Waals surface area (Å²) in [5.74, 6) is 2.63. The van der Waals surface area contributed by atoms with Crippen LogP contribution in [0.25, 0.3) is 0 Å². The Labute approximate surface area is 115 Å². The first kappa shape index (κ1) is 16.0. The SMILES string of the molecule is CC(C)C1CCC(C(N)CCCC(C)(C)C)CC1. The van der Waals surface area contributed by atoms with Crippen LogP contribution >= 0.6 is 0 Å². The van der Waals surface area contributed by atoms with E-state index < -0.39 is 0 Å². The Morgan fingerprint density at radius 2 is 1.50 bits per heavy atom. The fourth-order valence-corrected chi connectivity index (χ4v) is 3.34. The highest BCUT2D eigenvalue weighted by Crippen LogP contribution is 2.35. The minimum atomic E-state index is 0.459. The lowest BCUT2D eigenvalue weighted by molar-refractivity contribution is 0.196. The molecule has 1 unspecified atom stereocenters. The summed E-state index contributed by atoms with van der Waals surface area (Å²) in [6.45, 7) is 11.7. The van der Waals surface area contributed by atoms with Crippen molar-refractivity contribution in [3.8, 4) is 0 Å². The lowest BCUT2D eigenvalue weighted by Gasteiger charge is -2.34. The highest BCUT2D eigenvalue weighted by Gasteiger charge is 2.26. The molecule has 0 aromatic carbocycles. The molecule has 0 aliphatic heterocycles. The molecule has 0 aromatic rings. The van der Waals surface area contributed by atoms with Gasteiger partial charge < -0.3 is 5.73 Å². The average molecular weight is 253 g/mol. The molecule has 108 valence electrons. The van der Waals surface area contributed by atoms with E-state index in [4.69, 9.17) is 5.73 Å². The minimum absolute atomic E-state index is 0.459. The monoisotopic (exact) mass is 253 g/mol. The summed E-state index contributed by atoms with van der Waals surface area (Å²) in [4.78, 5) is 0. The van der Waals surface area contributed by atoms with Crippen molar-refractivity contribution in [3.05, 3.63) is 0 Å². The summed E-state index contributed by atoms with van der Waals surface area (Å²) in [7, 11) is 0. The number of hydrogen-bond donors (Lipinski definition) is 1. The molecule has 0 spiro atoms. The molecule has 0 aromatic heterocycles. The van der Waals surface area contributed by atoms with Crippen LogP contribution in [0.4, 0.5) is 0 Å². The van der Waals surface area contributed by atoms with E-state index in [1.807, 2.05) is 0 Å². The molecule has 1 atom stereocenters. The molecule has 0 radical (unpaired) electrons. The Morgan fingerprint density at radius 1 is 1.00 bits per heavy atom. The molecule has 0 heterocycles. The first-order valence-electron chi connectivity index (χ1n) is 8.05. The van der Waals surface area contributed by atoms with Crippen LogP contribution in [0.3, 0.4) is 0 Å². The third kappa shape index (κ3) is 5.73. The van der Waals surface area contributed by atoms with Gasteiger partial charge in [-0.25, -0.2) is 0 Å². The van der Waals surface area contributed by atoms with Gasteiger partial charge in [0, 0.05) is 6.04 Å². The van der Waals surface area contributed by atoms with Crippen LogP contribution in [0.15, 0.2) is 0 Å². The van der Waals surface area contributed by atoms with Crippen LogP contribution in [0.2, 0.25) is 0 Å². The summed E-state index contributed by atoms with van der Waals surface area (Å²) in [6, 6.07) is 0.459. The minimum Gasteiger partial charge on any atom is -0.327 e. The topological polar surface area (TPSA) is 26.0 Å². The van der Waals surface area contributed by atoms with E-state index in [9.17, 15) is 0 Å². The number of rotatable bonds is 5. The van der Waals surface area contributed by atoms with Gasteiger partial charge in [0.1, 0.15) is 0 Å². The maximum atomic E-state index is 6.40. The fourth-order valence-electron chi connectivity index (χ4n) is 3.34. The zero-order valence-electron chi connectivity index (χ0n) is 13.3. The first-order chi connectivity index (χ1) is 8.29. The van der Waals surface area contributed by atoms with Crippen molar-refractivity contribution < 1.29 is 0 Å². The second-order valence-corrected chi connectivity index (χ2v) is 8.04. The van der Waals surface area contributed by atoms with Gasteiger partial charge in [0.05, 0.1) is 0 Å². The molecule has 2 N–H and O–H groups in total. The maximum absolute atomic E-state index is 6.40. The van der Waals surface area contributed by atoms with E-state index >= 15 is 0 Å². The average Bonchev–Trinajstić information content (AvgIpc) is 2.27. The summed E-state index contributed by atoms with van der Waals surface area (Å²) in [5, 5.41) is 0. The third-order valence-electron chi connectivity index (χ3n) is 4.83. The van der Waals surface area contributed by atoms with Gasteiger partial charge in [0.15, 0.2) is 0 Å². The molecule has 0 amide bonds. The largest absolute Gasteiger partial charge is 0.327 e. The molecule has 0 bridgehead atoms. The molecule has 1 rings (SSSR count). The molecule has 1 heteroatoms. The van der Waals surface area contributed by atoms with Crippen LogP contribution < -0.4 is 5.73 Å². The van der Waals surface area contributed by atoms with Crippen LogP contribution in [-0.4, -0.2) is 6.04 Å². The van der Waals surface area contributed by atoms with Gasteiger partial charge in [0.25, 0.3) is 0 Å². The predicted molar refractivity (Wildman–Crippen MR) is 81.6 cm³/mol. The van der Waals surface area contributed by atoms with E-state index in [-0.39, 0.29) is 0 Å². The molecular weight excluding hydrogens is 218 g/mol. The van der Waals surface area contributed by atoms with E-state index in [1.54, 1.807) is 0 Å². The number of hydrogen-bond acceptors (Lipinski definition) is 1. The van der Waals surface area contributed by atoms with Gasteiger partial charge in [0.2, 0.25) is 0 Å². The van der Waals surface area contributed by atoms with Crippen molar-refractivity contribution in [1.82, 2.24) is 0 Å². The van der Waals surface area contributed by atoms with Gasteiger partial charge in [-0.1, -0.05) is 41.0 Å². The van der Waals surface area contributed by atoms with Gasteiger partial charge in [-0.3, -0.25) is 0 Å². The second-order valence-electron chi connectivity index (χ2n) is 8.04. The molecule has 1 aliphatic rings. The molecular formula is C17H35N. The Balaban J connectivity index is 2.22. The van der Waals surface area contributed by atoms with Gasteiger partial charge in [-0.05, 0) is 61.7 Å².